The Labute approximate surface area is 94.3 Å². The van der Waals surface area contributed by atoms with E-state index in [4.69, 9.17) is 0 Å². The van der Waals surface area contributed by atoms with Crippen molar-refractivity contribution in [3.8, 4) is 0 Å². The topological polar surface area (TPSA) is 20.2 Å². The van der Waals surface area contributed by atoms with Crippen LogP contribution in [0.5, 0.6) is 0 Å². The fourth-order valence-corrected chi connectivity index (χ4v) is 3.79. The fourth-order valence-electron chi connectivity index (χ4n) is 3.79. The van der Waals surface area contributed by atoms with Crippen LogP contribution < -0.4 is 0 Å². The monoisotopic (exact) mass is 210 g/mol. The van der Waals surface area contributed by atoms with E-state index in [0.717, 1.165) is 24.2 Å². The van der Waals surface area contributed by atoms with Gasteiger partial charge in [0.05, 0.1) is 6.10 Å². The lowest BCUT2D eigenvalue weighted by atomic mass is 9.67. The molecule has 0 radical (unpaired) electrons. The summed E-state index contributed by atoms with van der Waals surface area (Å²) in [7, 11) is 0. The minimum Gasteiger partial charge on any atom is -0.393 e. The highest BCUT2D eigenvalue weighted by molar-refractivity contribution is 4.85. The highest BCUT2D eigenvalue weighted by Crippen LogP contribution is 2.41. The van der Waals surface area contributed by atoms with Gasteiger partial charge in [-0.2, -0.15) is 0 Å². The van der Waals surface area contributed by atoms with E-state index in [2.05, 4.69) is 13.8 Å². The van der Waals surface area contributed by atoms with Crippen molar-refractivity contribution in [2.75, 3.05) is 0 Å². The summed E-state index contributed by atoms with van der Waals surface area (Å²) in [5, 5.41) is 10.1. The van der Waals surface area contributed by atoms with Crippen LogP contribution in [0.4, 0.5) is 0 Å². The number of aliphatic hydroxyl groups excluding tert-OH is 1. The highest BCUT2D eigenvalue weighted by Gasteiger charge is 2.34. The Morgan fingerprint density at radius 1 is 0.867 bits per heavy atom. The summed E-state index contributed by atoms with van der Waals surface area (Å²) in [5.74, 6) is 3.19. The van der Waals surface area contributed by atoms with E-state index >= 15 is 0 Å². The first-order chi connectivity index (χ1) is 7.16. The Bertz CT molecular complexity index is 202. The average molecular weight is 210 g/mol. The second kappa shape index (κ2) is 4.86. The first kappa shape index (κ1) is 11.4. The maximum absolute atomic E-state index is 10.1. The lowest BCUT2D eigenvalue weighted by molar-refractivity contribution is 0.00424. The van der Waals surface area contributed by atoms with Crippen LogP contribution in [0.15, 0.2) is 0 Å². The number of hydrogen-bond acceptors (Lipinski definition) is 1. The van der Waals surface area contributed by atoms with E-state index < -0.39 is 0 Å². The Balaban J connectivity index is 1.94. The van der Waals surface area contributed by atoms with Crippen molar-refractivity contribution in [2.24, 2.45) is 23.7 Å². The van der Waals surface area contributed by atoms with Crippen LogP contribution >= 0.6 is 0 Å². The fraction of sp³-hybridized carbons (Fsp3) is 1.00. The van der Waals surface area contributed by atoms with Gasteiger partial charge in [0, 0.05) is 0 Å². The minimum absolute atomic E-state index is 0.0106. The average Bonchev–Trinajstić information content (AvgIpc) is 2.22. The largest absolute Gasteiger partial charge is 0.393 e. The normalized spacial score (nSPS) is 47.8. The van der Waals surface area contributed by atoms with Crippen LogP contribution in [-0.2, 0) is 0 Å². The summed E-state index contributed by atoms with van der Waals surface area (Å²) in [5.41, 5.74) is 0. The number of rotatable bonds is 1. The van der Waals surface area contributed by atoms with E-state index in [-0.39, 0.29) is 6.10 Å². The summed E-state index contributed by atoms with van der Waals surface area (Å²) in [6, 6.07) is 0. The van der Waals surface area contributed by atoms with Gasteiger partial charge in [0.15, 0.2) is 0 Å². The summed E-state index contributed by atoms with van der Waals surface area (Å²) < 4.78 is 0. The Morgan fingerprint density at radius 2 is 1.60 bits per heavy atom. The molecule has 2 fully saturated rings. The van der Waals surface area contributed by atoms with Gasteiger partial charge in [0.25, 0.3) is 0 Å². The van der Waals surface area contributed by atoms with E-state index in [1.165, 1.54) is 38.5 Å². The van der Waals surface area contributed by atoms with Crippen molar-refractivity contribution in [3.63, 3.8) is 0 Å². The number of aliphatic hydroxyl groups is 1. The lowest BCUT2D eigenvalue weighted by Crippen LogP contribution is -2.35. The molecule has 5 unspecified atom stereocenters. The van der Waals surface area contributed by atoms with Crippen molar-refractivity contribution in [3.05, 3.63) is 0 Å². The third-order valence-corrected chi connectivity index (χ3v) is 4.71. The summed E-state index contributed by atoms with van der Waals surface area (Å²) in [4.78, 5) is 0. The van der Waals surface area contributed by atoms with Crippen molar-refractivity contribution in [1.29, 1.82) is 0 Å². The maximum atomic E-state index is 10.1. The Morgan fingerprint density at radius 3 is 2.33 bits per heavy atom. The Hall–Kier alpha value is -0.0400. The zero-order valence-electron chi connectivity index (χ0n) is 10.3. The van der Waals surface area contributed by atoms with E-state index in [9.17, 15) is 5.11 Å². The molecule has 1 nitrogen and oxygen atoms in total. The van der Waals surface area contributed by atoms with Gasteiger partial charge in [-0.1, -0.05) is 33.1 Å². The van der Waals surface area contributed by atoms with Crippen LogP contribution in [0.2, 0.25) is 0 Å². The van der Waals surface area contributed by atoms with Gasteiger partial charge in [-0.15, -0.1) is 0 Å². The molecular weight excluding hydrogens is 184 g/mol. The smallest absolute Gasteiger partial charge is 0.0571 e. The molecule has 2 saturated carbocycles. The van der Waals surface area contributed by atoms with Gasteiger partial charge < -0.3 is 5.11 Å². The quantitative estimate of drug-likeness (QED) is 0.701. The van der Waals surface area contributed by atoms with Gasteiger partial charge in [-0.05, 0) is 49.4 Å². The molecule has 0 saturated heterocycles. The van der Waals surface area contributed by atoms with E-state index in [1.807, 2.05) is 0 Å². The molecule has 0 bridgehead atoms. The molecule has 1 N–H and O–H groups in total. The van der Waals surface area contributed by atoms with Gasteiger partial charge in [-0.3, -0.25) is 0 Å². The first-order valence-electron chi connectivity index (χ1n) is 6.85. The molecule has 0 aliphatic heterocycles. The van der Waals surface area contributed by atoms with Gasteiger partial charge in [0.2, 0.25) is 0 Å². The zero-order chi connectivity index (χ0) is 10.8. The van der Waals surface area contributed by atoms with Crippen LogP contribution in [0, 0.1) is 23.7 Å². The first-order valence-corrected chi connectivity index (χ1v) is 6.85. The summed E-state index contributed by atoms with van der Waals surface area (Å²) in [6.07, 6.45) is 9.12. The molecule has 1 heteroatoms. The molecule has 2 aliphatic rings. The van der Waals surface area contributed by atoms with Gasteiger partial charge in [0.1, 0.15) is 0 Å². The molecule has 88 valence electrons. The summed E-state index contributed by atoms with van der Waals surface area (Å²) in [6.45, 7) is 4.73. The van der Waals surface area contributed by atoms with E-state index in [1.54, 1.807) is 0 Å². The van der Waals surface area contributed by atoms with Crippen molar-refractivity contribution in [2.45, 2.75) is 64.9 Å². The van der Waals surface area contributed by atoms with Crippen LogP contribution in [0.25, 0.3) is 0 Å². The Kier molecular flexibility index (Phi) is 3.71. The molecule has 2 rings (SSSR count). The van der Waals surface area contributed by atoms with Crippen molar-refractivity contribution < 1.29 is 5.11 Å². The SMILES string of the molecule is CC1CCCC(C2CC(C)CCC2O)C1. The molecule has 5 atom stereocenters. The molecule has 0 heterocycles. The number of hydrogen-bond donors (Lipinski definition) is 1. The summed E-state index contributed by atoms with van der Waals surface area (Å²) >= 11 is 0. The third kappa shape index (κ3) is 2.75. The predicted molar refractivity (Wildman–Crippen MR) is 63.6 cm³/mol. The van der Waals surface area contributed by atoms with Crippen molar-refractivity contribution >= 4 is 0 Å². The van der Waals surface area contributed by atoms with Crippen LogP contribution in [0.1, 0.15) is 58.8 Å². The molecule has 2 aliphatic carbocycles. The van der Waals surface area contributed by atoms with Crippen molar-refractivity contribution in [1.82, 2.24) is 0 Å². The maximum Gasteiger partial charge on any atom is 0.0571 e. The predicted octanol–water partition coefficient (Wildman–Crippen LogP) is 3.61. The van der Waals surface area contributed by atoms with E-state index in [0.29, 0.717) is 5.92 Å². The van der Waals surface area contributed by atoms with Crippen LogP contribution in [0.3, 0.4) is 0 Å². The molecule has 15 heavy (non-hydrogen) atoms. The minimum atomic E-state index is 0.0106. The molecule has 0 amide bonds. The second-order valence-electron chi connectivity index (χ2n) is 6.18. The molecular formula is C14H26O. The van der Waals surface area contributed by atoms with Crippen LogP contribution in [-0.4, -0.2) is 11.2 Å². The lowest BCUT2D eigenvalue weighted by Gasteiger charge is -2.40. The van der Waals surface area contributed by atoms with Gasteiger partial charge in [-0.25, -0.2) is 0 Å². The molecule has 0 aromatic rings. The third-order valence-electron chi connectivity index (χ3n) is 4.71. The zero-order valence-corrected chi connectivity index (χ0v) is 10.3. The molecule has 0 aromatic carbocycles. The van der Waals surface area contributed by atoms with Gasteiger partial charge >= 0.3 is 0 Å². The molecule has 0 aromatic heterocycles. The molecule has 0 spiro atoms. The second-order valence-corrected chi connectivity index (χ2v) is 6.18. The standard InChI is InChI=1S/C14H26O/c1-10-4-3-5-12(8-10)13-9-11(2)6-7-14(13)15/h10-15H,3-9H2,1-2H3. The highest BCUT2D eigenvalue weighted by atomic mass is 16.3.